The molecule has 1 rings (SSSR count). The maximum absolute atomic E-state index is 11.7. The molecule has 5 nitrogen and oxygen atoms in total. The molecule has 0 spiro atoms. The van der Waals surface area contributed by atoms with E-state index >= 15 is 0 Å². The van der Waals surface area contributed by atoms with Gasteiger partial charge in [-0.25, -0.2) is 0 Å². The van der Waals surface area contributed by atoms with Crippen LogP contribution in [0.15, 0.2) is 18.2 Å². The lowest BCUT2D eigenvalue weighted by molar-refractivity contribution is -0.116. The lowest BCUT2D eigenvalue weighted by atomic mass is 10.1. The fourth-order valence-corrected chi connectivity index (χ4v) is 1.62. The molecule has 0 unspecified atom stereocenters. The second-order valence-electron chi connectivity index (χ2n) is 4.32. The van der Waals surface area contributed by atoms with E-state index in [4.69, 9.17) is 5.73 Å². The molecule has 0 heterocycles. The van der Waals surface area contributed by atoms with Crippen LogP contribution in [0, 0.1) is 6.92 Å². The van der Waals surface area contributed by atoms with Gasteiger partial charge in [0.05, 0.1) is 0 Å². The number of hydrogen-bond acceptors (Lipinski definition) is 3. The van der Waals surface area contributed by atoms with Gasteiger partial charge in [-0.3, -0.25) is 9.59 Å². The van der Waals surface area contributed by atoms with Gasteiger partial charge < -0.3 is 16.4 Å². The molecule has 0 aliphatic carbocycles. The number of carbonyl (C=O) groups excluding carboxylic acids is 2. The third kappa shape index (κ3) is 4.71. The van der Waals surface area contributed by atoms with Crippen LogP contribution >= 0.6 is 0 Å². The van der Waals surface area contributed by atoms with E-state index < -0.39 is 0 Å². The number of hydrogen-bond donors (Lipinski definition) is 3. The number of anilines is 2. The summed E-state index contributed by atoms with van der Waals surface area (Å²) < 4.78 is 0. The van der Waals surface area contributed by atoms with Crippen molar-refractivity contribution < 1.29 is 9.59 Å². The second kappa shape index (κ2) is 7.53. The van der Waals surface area contributed by atoms with Gasteiger partial charge in [0.15, 0.2) is 0 Å². The van der Waals surface area contributed by atoms with Crippen LogP contribution in [0.3, 0.4) is 0 Å². The van der Waals surface area contributed by atoms with Gasteiger partial charge in [-0.05, 0) is 37.6 Å². The minimum Gasteiger partial charge on any atom is -0.330 e. The highest BCUT2D eigenvalue weighted by Gasteiger charge is 2.08. The molecule has 0 aliphatic heterocycles. The Bertz CT molecular complexity index is 458. The first kappa shape index (κ1) is 15.2. The van der Waals surface area contributed by atoms with Gasteiger partial charge in [-0.2, -0.15) is 0 Å². The Morgan fingerprint density at radius 1 is 1.16 bits per heavy atom. The first-order valence-corrected chi connectivity index (χ1v) is 6.47. The fraction of sp³-hybridized carbons (Fsp3) is 0.429. The van der Waals surface area contributed by atoms with E-state index in [2.05, 4.69) is 10.6 Å². The van der Waals surface area contributed by atoms with E-state index in [1.54, 1.807) is 13.0 Å². The monoisotopic (exact) mass is 263 g/mol. The van der Waals surface area contributed by atoms with E-state index in [-0.39, 0.29) is 11.8 Å². The van der Waals surface area contributed by atoms with Crippen LogP contribution in [0.2, 0.25) is 0 Å². The minimum absolute atomic E-state index is 0.0466. The molecule has 0 saturated heterocycles. The quantitative estimate of drug-likeness (QED) is 0.734. The number of rotatable bonds is 6. The number of benzene rings is 1. The normalized spacial score (nSPS) is 10.1. The average molecular weight is 263 g/mol. The molecule has 5 heteroatoms. The third-order valence-corrected chi connectivity index (χ3v) is 2.81. The van der Waals surface area contributed by atoms with Crippen molar-refractivity contribution in [3.8, 4) is 0 Å². The summed E-state index contributed by atoms with van der Waals surface area (Å²) in [4.78, 5) is 23.1. The summed E-state index contributed by atoms with van der Waals surface area (Å²) in [5, 5.41) is 5.64. The maximum atomic E-state index is 11.7. The summed E-state index contributed by atoms with van der Waals surface area (Å²) in [5.74, 6) is -0.109. The van der Waals surface area contributed by atoms with Gasteiger partial charge in [-0.15, -0.1) is 0 Å². The fourth-order valence-electron chi connectivity index (χ4n) is 1.62. The van der Waals surface area contributed by atoms with Crippen molar-refractivity contribution in [2.75, 3.05) is 17.2 Å². The molecule has 0 saturated carbocycles. The molecular weight excluding hydrogens is 242 g/mol. The number of nitrogens with one attached hydrogen (secondary N) is 2. The van der Waals surface area contributed by atoms with Crippen LogP contribution in [0.1, 0.15) is 31.7 Å². The van der Waals surface area contributed by atoms with Gasteiger partial charge in [0.1, 0.15) is 0 Å². The highest BCUT2D eigenvalue weighted by Crippen LogP contribution is 2.23. The van der Waals surface area contributed by atoms with Gasteiger partial charge in [0.25, 0.3) is 0 Å². The number of nitrogens with two attached hydrogens (primary N) is 1. The molecule has 1 aromatic carbocycles. The number of carbonyl (C=O) groups is 2. The van der Waals surface area contributed by atoms with Gasteiger partial charge in [-0.1, -0.05) is 13.0 Å². The topological polar surface area (TPSA) is 84.2 Å². The predicted octanol–water partition coefficient (Wildman–Crippen LogP) is 2.02. The summed E-state index contributed by atoms with van der Waals surface area (Å²) in [5.41, 5.74) is 7.66. The zero-order valence-corrected chi connectivity index (χ0v) is 11.5. The zero-order valence-electron chi connectivity index (χ0n) is 11.5. The predicted molar refractivity (Wildman–Crippen MR) is 77.0 cm³/mol. The Kier molecular flexibility index (Phi) is 6.02. The summed E-state index contributed by atoms with van der Waals surface area (Å²) in [6, 6.07) is 5.44. The Labute approximate surface area is 113 Å². The molecule has 104 valence electrons. The van der Waals surface area contributed by atoms with E-state index in [0.29, 0.717) is 25.8 Å². The Morgan fingerprint density at radius 2 is 1.74 bits per heavy atom. The van der Waals surface area contributed by atoms with Crippen LogP contribution < -0.4 is 16.4 Å². The molecule has 1 aromatic rings. The zero-order chi connectivity index (χ0) is 14.3. The van der Waals surface area contributed by atoms with E-state index in [1.165, 1.54) is 0 Å². The van der Waals surface area contributed by atoms with Crippen molar-refractivity contribution in [3.05, 3.63) is 23.8 Å². The van der Waals surface area contributed by atoms with Crippen molar-refractivity contribution in [3.63, 3.8) is 0 Å². The van der Waals surface area contributed by atoms with E-state index in [0.717, 1.165) is 16.9 Å². The van der Waals surface area contributed by atoms with Crippen LogP contribution in [-0.2, 0) is 9.59 Å². The standard InChI is InChI=1S/C14H21N3O2/c1-3-13(18)16-11-6-4-7-12(10(11)2)17-14(19)8-5-9-15/h4,6-7H,3,5,8-9,15H2,1-2H3,(H,16,18)(H,17,19). The molecule has 2 amide bonds. The van der Waals surface area contributed by atoms with E-state index in [9.17, 15) is 9.59 Å². The van der Waals surface area contributed by atoms with Crippen LogP contribution in [0.4, 0.5) is 11.4 Å². The summed E-state index contributed by atoms with van der Waals surface area (Å²) >= 11 is 0. The second-order valence-corrected chi connectivity index (χ2v) is 4.32. The van der Waals surface area contributed by atoms with Crippen molar-refractivity contribution >= 4 is 23.2 Å². The Hall–Kier alpha value is -1.88. The third-order valence-electron chi connectivity index (χ3n) is 2.81. The summed E-state index contributed by atoms with van der Waals surface area (Å²) in [6.07, 6.45) is 1.49. The highest BCUT2D eigenvalue weighted by atomic mass is 16.2. The largest absolute Gasteiger partial charge is 0.330 e. The van der Waals surface area contributed by atoms with E-state index in [1.807, 2.05) is 19.1 Å². The SMILES string of the molecule is CCC(=O)Nc1cccc(NC(=O)CCCN)c1C. The lowest BCUT2D eigenvalue weighted by Crippen LogP contribution is -2.15. The molecule has 0 radical (unpaired) electrons. The van der Waals surface area contributed by atoms with Crippen molar-refractivity contribution in [1.29, 1.82) is 0 Å². The Balaban J connectivity index is 2.77. The lowest BCUT2D eigenvalue weighted by Gasteiger charge is -2.13. The van der Waals surface area contributed by atoms with Gasteiger partial charge in [0.2, 0.25) is 11.8 Å². The number of amides is 2. The smallest absolute Gasteiger partial charge is 0.224 e. The van der Waals surface area contributed by atoms with Crippen LogP contribution in [-0.4, -0.2) is 18.4 Å². The first-order valence-electron chi connectivity index (χ1n) is 6.47. The van der Waals surface area contributed by atoms with Crippen LogP contribution in [0.25, 0.3) is 0 Å². The van der Waals surface area contributed by atoms with Gasteiger partial charge in [0, 0.05) is 24.2 Å². The molecule has 0 bridgehead atoms. The minimum atomic E-state index is -0.0625. The summed E-state index contributed by atoms with van der Waals surface area (Å²) in [6.45, 7) is 4.16. The highest BCUT2D eigenvalue weighted by molar-refractivity contribution is 5.95. The Morgan fingerprint density at radius 3 is 2.26 bits per heavy atom. The van der Waals surface area contributed by atoms with Crippen molar-refractivity contribution in [2.24, 2.45) is 5.73 Å². The van der Waals surface area contributed by atoms with Gasteiger partial charge >= 0.3 is 0 Å². The maximum Gasteiger partial charge on any atom is 0.224 e. The average Bonchev–Trinajstić information content (AvgIpc) is 2.40. The molecule has 4 N–H and O–H groups in total. The molecule has 19 heavy (non-hydrogen) atoms. The molecular formula is C14H21N3O2. The van der Waals surface area contributed by atoms with Crippen molar-refractivity contribution in [2.45, 2.75) is 33.1 Å². The molecule has 0 fully saturated rings. The molecule has 0 aliphatic rings. The first-order chi connectivity index (χ1) is 9.08. The molecule has 0 atom stereocenters. The van der Waals surface area contributed by atoms with Crippen molar-refractivity contribution in [1.82, 2.24) is 0 Å². The van der Waals surface area contributed by atoms with Crippen LogP contribution in [0.5, 0.6) is 0 Å². The summed E-state index contributed by atoms with van der Waals surface area (Å²) in [7, 11) is 0. The molecule has 0 aromatic heterocycles.